The topological polar surface area (TPSA) is 92.4 Å². The number of carbonyl (C=O) groups excluding carboxylic acids is 2. The van der Waals surface area contributed by atoms with Gasteiger partial charge in [0.25, 0.3) is 11.8 Å². The lowest BCUT2D eigenvalue weighted by Gasteiger charge is -2.11. The molecule has 0 spiro atoms. The van der Waals surface area contributed by atoms with Crippen molar-refractivity contribution >= 4 is 11.8 Å². The van der Waals surface area contributed by atoms with Crippen molar-refractivity contribution in [3.8, 4) is 11.5 Å². The van der Waals surface area contributed by atoms with Crippen LogP contribution in [0.25, 0.3) is 0 Å². The summed E-state index contributed by atoms with van der Waals surface area (Å²) in [4.78, 5) is 26.5. The Morgan fingerprint density at radius 3 is 2.43 bits per heavy atom. The quantitative estimate of drug-likeness (QED) is 0.735. The summed E-state index contributed by atoms with van der Waals surface area (Å²) in [6.45, 7) is 0. The van der Waals surface area contributed by atoms with Gasteiger partial charge >= 0.3 is 0 Å². The van der Waals surface area contributed by atoms with Crippen molar-refractivity contribution in [2.45, 2.75) is 0 Å². The summed E-state index contributed by atoms with van der Waals surface area (Å²) in [6, 6.07) is 8.08. The number of nitrogens with one attached hydrogen (secondary N) is 3. The zero-order valence-electron chi connectivity index (χ0n) is 11.6. The largest absolute Gasteiger partial charge is 0.497 e. The molecule has 21 heavy (non-hydrogen) atoms. The Bertz CT molecular complexity index is 638. The number of aromatic nitrogens is 1. The second kappa shape index (κ2) is 6.47. The second-order valence-corrected chi connectivity index (χ2v) is 4.06. The highest BCUT2D eigenvalue weighted by molar-refractivity contribution is 6.00. The van der Waals surface area contributed by atoms with Gasteiger partial charge in [-0.2, -0.15) is 0 Å². The molecule has 0 atom stereocenters. The van der Waals surface area contributed by atoms with Crippen LogP contribution in [0.4, 0.5) is 0 Å². The van der Waals surface area contributed by atoms with Gasteiger partial charge in [0.2, 0.25) is 0 Å². The van der Waals surface area contributed by atoms with Crippen LogP contribution in [0.3, 0.4) is 0 Å². The molecule has 0 aliphatic rings. The Hall–Kier alpha value is -2.96. The van der Waals surface area contributed by atoms with Crippen molar-refractivity contribution in [3.05, 3.63) is 47.8 Å². The van der Waals surface area contributed by atoms with Gasteiger partial charge in [-0.3, -0.25) is 20.4 Å². The molecule has 2 rings (SSSR count). The maximum Gasteiger partial charge on any atom is 0.286 e. The van der Waals surface area contributed by atoms with Gasteiger partial charge < -0.3 is 14.5 Å². The highest BCUT2D eigenvalue weighted by Gasteiger charge is 2.15. The molecule has 3 N–H and O–H groups in total. The fourth-order valence-electron chi connectivity index (χ4n) is 1.71. The van der Waals surface area contributed by atoms with Crippen molar-refractivity contribution in [1.82, 2.24) is 15.8 Å². The molecule has 0 saturated carbocycles. The highest BCUT2D eigenvalue weighted by Crippen LogP contribution is 2.23. The second-order valence-electron chi connectivity index (χ2n) is 4.06. The number of hydrogen-bond donors (Lipinski definition) is 3. The van der Waals surface area contributed by atoms with Gasteiger partial charge in [0, 0.05) is 6.20 Å². The first-order valence-electron chi connectivity index (χ1n) is 6.12. The van der Waals surface area contributed by atoms with E-state index >= 15 is 0 Å². The Kier molecular flexibility index (Phi) is 4.45. The van der Waals surface area contributed by atoms with E-state index in [1.54, 1.807) is 30.5 Å². The van der Waals surface area contributed by atoms with E-state index in [2.05, 4.69) is 15.8 Å². The predicted octanol–water partition coefficient (Wildman–Crippen LogP) is 1.11. The Morgan fingerprint density at radius 1 is 1.05 bits per heavy atom. The average Bonchev–Trinajstić information content (AvgIpc) is 3.06. The van der Waals surface area contributed by atoms with Crippen molar-refractivity contribution in [1.29, 1.82) is 0 Å². The van der Waals surface area contributed by atoms with Crippen molar-refractivity contribution in [3.63, 3.8) is 0 Å². The van der Waals surface area contributed by atoms with Crippen molar-refractivity contribution < 1.29 is 19.1 Å². The minimum Gasteiger partial charge on any atom is -0.497 e. The molecule has 1 heterocycles. The minimum absolute atomic E-state index is 0.253. The molecular formula is C14H15N3O4. The van der Waals surface area contributed by atoms with Gasteiger partial charge in [0.05, 0.1) is 19.8 Å². The molecule has 0 aliphatic carbocycles. The Labute approximate surface area is 121 Å². The molecular weight excluding hydrogens is 274 g/mol. The van der Waals surface area contributed by atoms with Crippen molar-refractivity contribution in [2.75, 3.05) is 14.2 Å². The molecule has 0 unspecified atom stereocenters. The lowest BCUT2D eigenvalue weighted by Crippen LogP contribution is -2.41. The van der Waals surface area contributed by atoms with E-state index in [0.29, 0.717) is 17.2 Å². The summed E-state index contributed by atoms with van der Waals surface area (Å²) < 4.78 is 10.2. The van der Waals surface area contributed by atoms with Crippen LogP contribution in [0.1, 0.15) is 20.8 Å². The van der Waals surface area contributed by atoms with Crippen LogP contribution >= 0.6 is 0 Å². The van der Waals surface area contributed by atoms with Crippen LogP contribution in [-0.2, 0) is 0 Å². The van der Waals surface area contributed by atoms with Crippen LogP contribution in [-0.4, -0.2) is 31.0 Å². The first-order chi connectivity index (χ1) is 10.2. The standard InChI is InChI=1S/C14H15N3O4/c1-20-9-5-6-12(21-2)10(8-9)13(18)16-17-14(19)11-4-3-7-15-11/h3-8,15H,1-2H3,(H,16,18)(H,17,19). The molecule has 0 fully saturated rings. The fraction of sp³-hybridized carbons (Fsp3) is 0.143. The van der Waals surface area contributed by atoms with E-state index in [1.165, 1.54) is 20.3 Å². The molecule has 0 bridgehead atoms. The lowest BCUT2D eigenvalue weighted by molar-refractivity contribution is 0.0842. The number of hydrazine groups is 1. The molecule has 0 saturated heterocycles. The van der Waals surface area contributed by atoms with E-state index in [9.17, 15) is 9.59 Å². The van der Waals surface area contributed by atoms with Gasteiger partial charge in [-0.05, 0) is 30.3 Å². The molecule has 1 aromatic heterocycles. The van der Waals surface area contributed by atoms with Crippen LogP contribution < -0.4 is 20.3 Å². The Balaban J connectivity index is 2.08. The van der Waals surface area contributed by atoms with Crippen LogP contribution in [0, 0.1) is 0 Å². The van der Waals surface area contributed by atoms with Crippen LogP contribution in [0.2, 0.25) is 0 Å². The van der Waals surface area contributed by atoms with Crippen LogP contribution in [0.5, 0.6) is 11.5 Å². The summed E-state index contributed by atoms with van der Waals surface area (Å²) >= 11 is 0. The number of benzene rings is 1. The fourth-order valence-corrected chi connectivity index (χ4v) is 1.71. The molecule has 0 radical (unpaired) electrons. The minimum atomic E-state index is -0.509. The van der Waals surface area contributed by atoms with Gasteiger partial charge in [0.15, 0.2) is 0 Å². The number of ether oxygens (including phenoxy) is 2. The first kappa shape index (κ1) is 14.4. The average molecular weight is 289 g/mol. The maximum atomic E-state index is 12.1. The van der Waals surface area contributed by atoms with E-state index in [-0.39, 0.29) is 5.56 Å². The van der Waals surface area contributed by atoms with E-state index in [4.69, 9.17) is 9.47 Å². The van der Waals surface area contributed by atoms with Crippen LogP contribution in [0.15, 0.2) is 36.5 Å². The van der Waals surface area contributed by atoms with Gasteiger partial charge in [0.1, 0.15) is 17.2 Å². The lowest BCUT2D eigenvalue weighted by atomic mass is 10.2. The van der Waals surface area contributed by atoms with E-state index < -0.39 is 11.8 Å². The summed E-state index contributed by atoms with van der Waals surface area (Å²) in [5.74, 6) is -0.0695. The molecule has 1 aromatic carbocycles. The third-order valence-corrected chi connectivity index (χ3v) is 2.78. The molecule has 0 aliphatic heterocycles. The molecule has 2 aromatic rings. The van der Waals surface area contributed by atoms with Gasteiger partial charge in [-0.25, -0.2) is 0 Å². The highest BCUT2D eigenvalue weighted by atomic mass is 16.5. The molecule has 7 nitrogen and oxygen atoms in total. The zero-order valence-corrected chi connectivity index (χ0v) is 11.6. The maximum absolute atomic E-state index is 12.1. The molecule has 2 amide bonds. The molecule has 7 heteroatoms. The van der Waals surface area contributed by atoms with Crippen molar-refractivity contribution in [2.24, 2.45) is 0 Å². The third kappa shape index (κ3) is 3.33. The monoisotopic (exact) mass is 289 g/mol. The number of hydrogen-bond acceptors (Lipinski definition) is 4. The SMILES string of the molecule is COc1ccc(OC)c(C(=O)NNC(=O)c2ccc[nH]2)c1. The van der Waals surface area contributed by atoms with E-state index in [0.717, 1.165) is 0 Å². The van der Waals surface area contributed by atoms with Gasteiger partial charge in [-0.15, -0.1) is 0 Å². The summed E-state index contributed by atoms with van der Waals surface area (Å²) in [5, 5.41) is 0. The zero-order chi connectivity index (χ0) is 15.2. The molecule has 110 valence electrons. The van der Waals surface area contributed by atoms with Gasteiger partial charge in [-0.1, -0.05) is 0 Å². The summed E-state index contributed by atoms with van der Waals surface area (Å²) in [7, 11) is 2.95. The summed E-state index contributed by atoms with van der Waals surface area (Å²) in [5.41, 5.74) is 5.22. The first-order valence-corrected chi connectivity index (χ1v) is 6.12. The Morgan fingerprint density at radius 2 is 1.81 bits per heavy atom. The number of amides is 2. The predicted molar refractivity (Wildman–Crippen MR) is 75.3 cm³/mol. The number of carbonyl (C=O) groups is 2. The number of rotatable bonds is 4. The third-order valence-electron chi connectivity index (χ3n) is 2.78. The smallest absolute Gasteiger partial charge is 0.286 e. The number of H-pyrrole nitrogens is 1. The number of aromatic amines is 1. The normalized spacial score (nSPS) is 9.81. The number of methoxy groups -OCH3 is 2. The van der Waals surface area contributed by atoms with E-state index in [1.807, 2.05) is 0 Å². The summed E-state index contributed by atoms with van der Waals surface area (Å²) in [6.07, 6.45) is 1.61.